The Labute approximate surface area is 127 Å². The molecule has 20 heavy (non-hydrogen) atoms. The summed E-state index contributed by atoms with van der Waals surface area (Å²) in [6.07, 6.45) is 0.476. The van der Waals surface area contributed by atoms with Crippen molar-refractivity contribution in [3.63, 3.8) is 0 Å². The summed E-state index contributed by atoms with van der Waals surface area (Å²) in [6.45, 7) is 3.91. The highest BCUT2D eigenvalue weighted by molar-refractivity contribution is 9.10. The lowest BCUT2D eigenvalue weighted by Crippen LogP contribution is -2.29. The van der Waals surface area contributed by atoms with Crippen molar-refractivity contribution in [1.29, 1.82) is 0 Å². The summed E-state index contributed by atoms with van der Waals surface area (Å²) in [6, 6.07) is 5.01. The molecule has 7 heteroatoms. The number of sulfonamides is 1. The standard InChI is InChI=1S/C13H18BrNO4S/c1-9-3-5-12(11(14)7-9)20(18,19)15-8-10(2)4-6-13(16)17/h3,5,7,10,15H,4,6,8H2,1-2H3,(H,16,17). The molecule has 1 atom stereocenters. The number of carboxylic acid groups (broad SMARTS) is 1. The number of halogens is 1. The molecule has 0 aliphatic heterocycles. The predicted molar refractivity (Wildman–Crippen MR) is 80.1 cm³/mol. The Balaban J connectivity index is 2.68. The average Bonchev–Trinajstić information content (AvgIpc) is 2.33. The number of benzene rings is 1. The van der Waals surface area contributed by atoms with Gasteiger partial charge in [-0.15, -0.1) is 0 Å². The second-order valence-electron chi connectivity index (χ2n) is 4.82. The minimum atomic E-state index is -3.59. The number of aryl methyl sites for hydroxylation is 1. The maximum absolute atomic E-state index is 12.1. The number of hydrogen-bond acceptors (Lipinski definition) is 3. The Bertz CT molecular complexity index is 586. The van der Waals surface area contributed by atoms with Crippen LogP contribution in [0.15, 0.2) is 27.6 Å². The molecule has 5 nitrogen and oxygen atoms in total. The number of rotatable bonds is 7. The summed E-state index contributed by atoms with van der Waals surface area (Å²) < 4.78 is 27.3. The Kier molecular flexibility index (Phi) is 6.16. The zero-order valence-corrected chi connectivity index (χ0v) is 13.8. The minimum Gasteiger partial charge on any atom is -0.481 e. The van der Waals surface area contributed by atoms with Gasteiger partial charge >= 0.3 is 5.97 Å². The highest BCUT2D eigenvalue weighted by Crippen LogP contribution is 2.23. The van der Waals surface area contributed by atoms with Crippen molar-refractivity contribution in [2.75, 3.05) is 6.54 Å². The Morgan fingerprint density at radius 3 is 2.65 bits per heavy atom. The number of carbonyl (C=O) groups is 1. The fraction of sp³-hybridized carbons (Fsp3) is 0.462. The molecule has 0 bridgehead atoms. The van der Waals surface area contributed by atoms with E-state index in [4.69, 9.17) is 5.11 Å². The first-order valence-electron chi connectivity index (χ1n) is 6.20. The molecule has 0 amide bonds. The normalized spacial score (nSPS) is 13.2. The quantitative estimate of drug-likeness (QED) is 0.779. The number of aliphatic carboxylic acids is 1. The maximum Gasteiger partial charge on any atom is 0.303 e. The molecule has 0 aromatic heterocycles. The molecule has 0 saturated heterocycles. The Morgan fingerprint density at radius 1 is 1.45 bits per heavy atom. The third-order valence-electron chi connectivity index (χ3n) is 2.85. The van der Waals surface area contributed by atoms with Gasteiger partial charge in [0.2, 0.25) is 10.0 Å². The summed E-state index contributed by atoms with van der Waals surface area (Å²) >= 11 is 3.24. The zero-order chi connectivity index (χ0) is 15.3. The molecule has 1 rings (SSSR count). The van der Waals surface area contributed by atoms with Gasteiger partial charge in [-0.05, 0) is 52.9 Å². The molecule has 1 aromatic carbocycles. The lowest BCUT2D eigenvalue weighted by Gasteiger charge is -2.13. The first-order valence-corrected chi connectivity index (χ1v) is 8.47. The summed E-state index contributed by atoms with van der Waals surface area (Å²) in [5.41, 5.74) is 0.964. The van der Waals surface area contributed by atoms with E-state index in [9.17, 15) is 13.2 Å². The fourth-order valence-electron chi connectivity index (χ4n) is 1.63. The van der Waals surface area contributed by atoms with Gasteiger partial charge in [-0.2, -0.15) is 0 Å². The van der Waals surface area contributed by atoms with Gasteiger partial charge in [0.15, 0.2) is 0 Å². The predicted octanol–water partition coefficient (Wildman–Crippen LogP) is 2.54. The van der Waals surface area contributed by atoms with Crippen LogP contribution in [0.5, 0.6) is 0 Å². The molecule has 0 aliphatic carbocycles. The van der Waals surface area contributed by atoms with Crippen LogP contribution in [0.1, 0.15) is 25.3 Å². The molecule has 0 saturated carbocycles. The second-order valence-corrected chi connectivity index (χ2v) is 7.41. The summed E-state index contributed by atoms with van der Waals surface area (Å²) in [7, 11) is -3.59. The average molecular weight is 364 g/mol. The monoisotopic (exact) mass is 363 g/mol. The van der Waals surface area contributed by atoms with Crippen molar-refractivity contribution in [2.45, 2.75) is 31.6 Å². The van der Waals surface area contributed by atoms with Crippen molar-refractivity contribution in [3.8, 4) is 0 Å². The van der Waals surface area contributed by atoms with Gasteiger partial charge in [0.1, 0.15) is 0 Å². The molecule has 0 spiro atoms. The summed E-state index contributed by atoms with van der Waals surface area (Å²) in [5.74, 6) is -0.911. The molecular weight excluding hydrogens is 346 g/mol. The molecular formula is C13H18BrNO4S. The van der Waals surface area contributed by atoms with Crippen LogP contribution in [-0.2, 0) is 14.8 Å². The van der Waals surface area contributed by atoms with Crippen molar-refractivity contribution in [1.82, 2.24) is 4.72 Å². The molecule has 2 N–H and O–H groups in total. The maximum atomic E-state index is 12.1. The van der Waals surface area contributed by atoms with E-state index in [1.807, 2.05) is 13.8 Å². The highest BCUT2D eigenvalue weighted by atomic mass is 79.9. The first kappa shape index (κ1) is 17.1. The number of carboxylic acids is 1. The van der Waals surface area contributed by atoms with E-state index >= 15 is 0 Å². The van der Waals surface area contributed by atoms with E-state index in [-0.39, 0.29) is 23.8 Å². The van der Waals surface area contributed by atoms with Crippen LogP contribution >= 0.6 is 15.9 Å². The van der Waals surface area contributed by atoms with Gasteiger partial charge in [-0.3, -0.25) is 4.79 Å². The van der Waals surface area contributed by atoms with E-state index in [0.29, 0.717) is 10.9 Å². The highest BCUT2D eigenvalue weighted by Gasteiger charge is 2.18. The van der Waals surface area contributed by atoms with Crippen LogP contribution < -0.4 is 4.72 Å². The zero-order valence-electron chi connectivity index (χ0n) is 11.4. The number of nitrogens with one attached hydrogen (secondary N) is 1. The van der Waals surface area contributed by atoms with E-state index in [1.54, 1.807) is 18.2 Å². The third-order valence-corrected chi connectivity index (χ3v) is 5.25. The number of hydrogen-bond donors (Lipinski definition) is 2. The Morgan fingerprint density at radius 2 is 2.10 bits per heavy atom. The lowest BCUT2D eigenvalue weighted by atomic mass is 10.1. The summed E-state index contributed by atoms with van der Waals surface area (Å²) in [5, 5.41) is 8.59. The van der Waals surface area contributed by atoms with E-state index in [0.717, 1.165) is 5.56 Å². The molecule has 112 valence electrons. The summed E-state index contributed by atoms with van der Waals surface area (Å²) in [4.78, 5) is 10.6. The smallest absolute Gasteiger partial charge is 0.303 e. The third kappa shape index (κ3) is 5.22. The van der Waals surface area contributed by atoms with Crippen LogP contribution in [0.25, 0.3) is 0 Å². The van der Waals surface area contributed by atoms with Crippen LogP contribution in [0, 0.1) is 12.8 Å². The fourth-order valence-corrected chi connectivity index (χ4v) is 3.98. The molecule has 1 aromatic rings. The minimum absolute atomic E-state index is 0.0369. The van der Waals surface area contributed by atoms with Gasteiger partial charge in [-0.1, -0.05) is 13.0 Å². The van der Waals surface area contributed by atoms with Crippen molar-refractivity contribution >= 4 is 31.9 Å². The molecule has 1 unspecified atom stereocenters. The lowest BCUT2D eigenvalue weighted by molar-refractivity contribution is -0.137. The molecule has 0 radical (unpaired) electrons. The van der Waals surface area contributed by atoms with Gasteiger partial charge in [0, 0.05) is 17.4 Å². The van der Waals surface area contributed by atoms with Crippen LogP contribution in [0.2, 0.25) is 0 Å². The Hall–Kier alpha value is -0.920. The largest absolute Gasteiger partial charge is 0.481 e. The molecule has 0 heterocycles. The first-order chi connectivity index (χ1) is 9.22. The van der Waals surface area contributed by atoms with Crippen molar-refractivity contribution < 1.29 is 18.3 Å². The van der Waals surface area contributed by atoms with Crippen LogP contribution in [-0.4, -0.2) is 26.0 Å². The van der Waals surface area contributed by atoms with Crippen LogP contribution in [0.4, 0.5) is 0 Å². The topological polar surface area (TPSA) is 83.5 Å². The van der Waals surface area contributed by atoms with Crippen molar-refractivity contribution in [2.24, 2.45) is 5.92 Å². The SMILES string of the molecule is Cc1ccc(S(=O)(=O)NCC(C)CCC(=O)O)c(Br)c1. The second kappa shape index (κ2) is 7.19. The van der Waals surface area contributed by atoms with E-state index < -0.39 is 16.0 Å². The molecule has 0 aliphatic rings. The molecule has 0 fully saturated rings. The van der Waals surface area contributed by atoms with Gasteiger partial charge in [0.25, 0.3) is 0 Å². The van der Waals surface area contributed by atoms with Gasteiger partial charge in [0.05, 0.1) is 4.90 Å². The van der Waals surface area contributed by atoms with Gasteiger partial charge in [-0.25, -0.2) is 13.1 Å². The van der Waals surface area contributed by atoms with E-state index in [2.05, 4.69) is 20.7 Å². The van der Waals surface area contributed by atoms with Crippen LogP contribution in [0.3, 0.4) is 0 Å². The van der Waals surface area contributed by atoms with Gasteiger partial charge < -0.3 is 5.11 Å². The van der Waals surface area contributed by atoms with E-state index in [1.165, 1.54) is 0 Å². The van der Waals surface area contributed by atoms with Crippen molar-refractivity contribution in [3.05, 3.63) is 28.2 Å².